The van der Waals surface area contributed by atoms with Gasteiger partial charge in [0, 0.05) is 24.1 Å². The molecule has 0 aromatic carbocycles. The molecule has 1 fully saturated rings. The molecule has 74 valence electrons. The van der Waals surface area contributed by atoms with E-state index in [2.05, 4.69) is 38.5 Å². The number of likely N-dealkylation sites (N-methyl/N-ethyl adjacent to an activating group) is 1. The van der Waals surface area contributed by atoms with Crippen molar-refractivity contribution >= 4 is 22.6 Å². The van der Waals surface area contributed by atoms with E-state index in [1.165, 1.54) is 10.8 Å². The molecular weight excluding hydrogens is 277 g/mol. The lowest BCUT2D eigenvalue weighted by atomic mass is 10.2. The summed E-state index contributed by atoms with van der Waals surface area (Å²) in [6.07, 6.45) is 1.24. The molecule has 1 aliphatic rings. The Balaban J connectivity index is 2.32. The Morgan fingerprint density at radius 3 is 2.92 bits per heavy atom. The van der Waals surface area contributed by atoms with E-state index in [0.717, 1.165) is 26.2 Å². The van der Waals surface area contributed by atoms with Crippen LogP contribution < -0.4 is 0 Å². The van der Waals surface area contributed by atoms with Gasteiger partial charge in [-0.3, -0.25) is 9.80 Å². The fourth-order valence-corrected chi connectivity index (χ4v) is 1.90. The summed E-state index contributed by atoms with van der Waals surface area (Å²) in [7, 11) is 2.03. The minimum atomic E-state index is 0.1000. The van der Waals surface area contributed by atoms with E-state index in [1.807, 2.05) is 7.05 Å². The largest absolute Gasteiger partial charge is 0.299 e. The molecule has 0 aromatic heterocycles. The van der Waals surface area contributed by atoms with E-state index in [9.17, 15) is 0 Å². The van der Waals surface area contributed by atoms with E-state index in [4.69, 9.17) is 5.26 Å². The SMILES string of the molecule is CN1CCN(CCCI)CC1C#N. The van der Waals surface area contributed by atoms with Crippen molar-refractivity contribution in [2.24, 2.45) is 0 Å². The van der Waals surface area contributed by atoms with E-state index in [0.29, 0.717) is 0 Å². The van der Waals surface area contributed by atoms with Crippen molar-refractivity contribution in [3.05, 3.63) is 0 Å². The summed E-state index contributed by atoms with van der Waals surface area (Å²) < 4.78 is 1.21. The predicted octanol–water partition coefficient (Wildman–Crippen LogP) is 0.951. The second kappa shape index (κ2) is 5.78. The van der Waals surface area contributed by atoms with Crippen molar-refractivity contribution in [3.8, 4) is 6.07 Å². The molecule has 0 radical (unpaired) electrons. The minimum absolute atomic E-state index is 0.1000. The lowest BCUT2D eigenvalue weighted by molar-refractivity contribution is 0.123. The zero-order valence-corrected chi connectivity index (χ0v) is 10.2. The summed E-state index contributed by atoms with van der Waals surface area (Å²) in [5, 5.41) is 8.88. The van der Waals surface area contributed by atoms with Crippen LogP contribution in [-0.4, -0.2) is 53.5 Å². The van der Waals surface area contributed by atoms with Crippen LogP contribution in [0.3, 0.4) is 0 Å². The van der Waals surface area contributed by atoms with Gasteiger partial charge in [0.05, 0.1) is 6.07 Å². The van der Waals surface area contributed by atoms with E-state index < -0.39 is 0 Å². The Morgan fingerprint density at radius 2 is 2.31 bits per heavy atom. The molecule has 1 aliphatic heterocycles. The maximum Gasteiger partial charge on any atom is 0.110 e. The number of nitrogens with zero attached hydrogens (tertiary/aromatic N) is 3. The molecule has 3 nitrogen and oxygen atoms in total. The zero-order valence-electron chi connectivity index (χ0n) is 8.04. The number of nitriles is 1. The normalized spacial score (nSPS) is 25.8. The fourth-order valence-electron chi connectivity index (χ4n) is 1.56. The second-order valence-electron chi connectivity index (χ2n) is 3.47. The van der Waals surface area contributed by atoms with E-state index >= 15 is 0 Å². The lowest BCUT2D eigenvalue weighted by Crippen LogP contribution is -2.50. The number of halogens is 1. The van der Waals surface area contributed by atoms with Crippen molar-refractivity contribution in [1.29, 1.82) is 5.26 Å². The van der Waals surface area contributed by atoms with E-state index in [-0.39, 0.29) is 6.04 Å². The van der Waals surface area contributed by atoms with Gasteiger partial charge in [-0.25, -0.2) is 0 Å². The Bertz CT molecular complexity index is 188. The number of rotatable bonds is 3. The van der Waals surface area contributed by atoms with Crippen LogP contribution in [0.25, 0.3) is 0 Å². The molecular formula is C9H16IN3. The molecule has 0 amide bonds. The summed E-state index contributed by atoms with van der Waals surface area (Å²) in [6, 6.07) is 2.44. The molecule has 0 saturated carbocycles. The van der Waals surface area contributed by atoms with Gasteiger partial charge in [0.25, 0.3) is 0 Å². The molecule has 1 atom stereocenters. The average Bonchev–Trinajstić information content (AvgIpc) is 2.16. The summed E-state index contributed by atoms with van der Waals surface area (Å²) in [5.74, 6) is 0. The molecule has 0 aliphatic carbocycles. The van der Waals surface area contributed by atoms with Crippen LogP contribution in [0.5, 0.6) is 0 Å². The van der Waals surface area contributed by atoms with Crippen molar-refractivity contribution in [3.63, 3.8) is 0 Å². The van der Waals surface area contributed by atoms with Crippen LogP contribution in [0.1, 0.15) is 6.42 Å². The molecule has 13 heavy (non-hydrogen) atoms. The predicted molar refractivity (Wildman–Crippen MR) is 62.0 cm³/mol. The van der Waals surface area contributed by atoms with Crippen LogP contribution in [-0.2, 0) is 0 Å². The second-order valence-corrected chi connectivity index (χ2v) is 4.55. The van der Waals surface area contributed by atoms with Gasteiger partial charge in [-0.2, -0.15) is 5.26 Å². The molecule has 1 heterocycles. The fraction of sp³-hybridized carbons (Fsp3) is 0.889. The molecule has 0 spiro atoms. The van der Waals surface area contributed by atoms with Gasteiger partial charge in [0.2, 0.25) is 0 Å². The van der Waals surface area contributed by atoms with Crippen LogP contribution in [0, 0.1) is 11.3 Å². The van der Waals surface area contributed by atoms with Crippen LogP contribution >= 0.6 is 22.6 Å². The van der Waals surface area contributed by atoms with Crippen molar-refractivity contribution in [1.82, 2.24) is 9.80 Å². The van der Waals surface area contributed by atoms with Gasteiger partial charge in [0.15, 0.2) is 0 Å². The van der Waals surface area contributed by atoms with Gasteiger partial charge in [0.1, 0.15) is 6.04 Å². The summed E-state index contributed by atoms with van der Waals surface area (Å²) in [4.78, 5) is 4.53. The molecule has 0 aromatic rings. The Labute approximate surface area is 93.8 Å². The van der Waals surface area contributed by atoms with Crippen LogP contribution in [0.2, 0.25) is 0 Å². The molecule has 1 unspecified atom stereocenters. The highest BCUT2D eigenvalue weighted by molar-refractivity contribution is 14.1. The highest BCUT2D eigenvalue weighted by Crippen LogP contribution is 2.07. The molecule has 1 rings (SSSR count). The Kier molecular flexibility index (Phi) is 4.99. The molecule has 4 heteroatoms. The van der Waals surface area contributed by atoms with Crippen molar-refractivity contribution in [2.45, 2.75) is 12.5 Å². The third-order valence-electron chi connectivity index (χ3n) is 2.49. The molecule has 1 saturated heterocycles. The Hall–Kier alpha value is 0.140. The van der Waals surface area contributed by atoms with Gasteiger partial charge >= 0.3 is 0 Å². The van der Waals surface area contributed by atoms with Gasteiger partial charge in [-0.15, -0.1) is 0 Å². The zero-order chi connectivity index (χ0) is 9.68. The maximum atomic E-state index is 8.88. The molecule has 0 N–H and O–H groups in total. The number of hydrogen-bond acceptors (Lipinski definition) is 3. The third kappa shape index (κ3) is 3.41. The quantitative estimate of drug-likeness (QED) is 0.573. The highest BCUT2D eigenvalue weighted by Gasteiger charge is 2.22. The number of piperazine rings is 1. The summed E-state index contributed by atoms with van der Waals surface area (Å²) in [6.45, 7) is 4.21. The number of hydrogen-bond donors (Lipinski definition) is 0. The highest BCUT2D eigenvalue weighted by atomic mass is 127. The van der Waals surface area contributed by atoms with Crippen molar-refractivity contribution in [2.75, 3.05) is 37.7 Å². The summed E-state index contributed by atoms with van der Waals surface area (Å²) in [5.41, 5.74) is 0. The Morgan fingerprint density at radius 1 is 1.54 bits per heavy atom. The topological polar surface area (TPSA) is 30.3 Å². The first-order chi connectivity index (χ1) is 6.27. The first kappa shape index (κ1) is 11.2. The van der Waals surface area contributed by atoms with Gasteiger partial charge < -0.3 is 0 Å². The number of alkyl halides is 1. The monoisotopic (exact) mass is 293 g/mol. The van der Waals surface area contributed by atoms with Gasteiger partial charge in [-0.05, 0) is 20.0 Å². The molecule has 0 bridgehead atoms. The average molecular weight is 293 g/mol. The first-order valence-electron chi connectivity index (χ1n) is 4.66. The maximum absolute atomic E-state index is 8.88. The first-order valence-corrected chi connectivity index (χ1v) is 6.18. The van der Waals surface area contributed by atoms with E-state index in [1.54, 1.807) is 0 Å². The third-order valence-corrected chi connectivity index (χ3v) is 3.25. The summed E-state index contributed by atoms with van der Waals surface area (Å²) >= 11 is 2.40. The van der Waals surface area contributed by atoms with Crippen molar-refractivity contribution < 1.29 is 0 Å². The lowest BCUT2D eigenvalue weighted by Gasteiger charge is -2.35. The standard InChI is InChI=1S/C9H16IN3/c1-12-5-6-13(4-2-3-10)8-9(12)7-11/h9H,2-6,8H2,1H3. The smallest absolute Gasteiger partial charge is 0.110 e. The van der Waals surface area contributed by atoms with Crippen LogP contribution in [0.15, 0.2) is 0 Å². The minimum Gasteiger partial charge on any atom is -0.299 e. The van der Waals surface area contributed by atoms with Crippen LogP contribution in [0.4, 0.5) is 0 Å². The van der Waals surface area contributed by atoms with Gasteiger partial charge in [-0.1, -0.05) is 22.6 Å².